The number of alkyl halides is 2. The highest BCUT2D eigenvalue weighted by Gasteiger charge is 2.33. The maximum absolute atomic E-state index is 14.2. The number of halogens is 2. The van der Waals surface area contributed by atoms with Crippen molar-refractivity contribution in [2.24, 2.45) is 0 Å². The number of hydrogen-bond acceptors (Lipinski definition) is 2. The Kier molecular flexibility index (Phi) is 3.51. The van der Waals surface area contributed by atoms with Crippen molar-refractivity contribution in [2.75, 3.05) is 0 Å². The Morgan fingerprint density at radius 2 is 1.00 bits per heavy atom. The van der Waals surface area contributed by atoms with Gasteiger partial charge in [0.2, 0.25) is 0 Å². The van der Waals surface area contributed by atoms with Gasteiger partial charge < -0.3 is 0 Å². The summed E-state index contributed by atoms with van der Waals surface area (Å²) in [4.78, 5) is 21.0. The predicted molar refractivity (Wildman–Crippen MR) is 66.7 cm³/mol. The second-order valence-electron chi connectivity index (χ2n) is 4.05. The van der Waals surface area contributed by atoms with Gasteiger partial charge in [-0.15, -0.1) is 0 Å². The molecule has 0 aliphatic rings. The quantitative estimate of drug-likeness (QED) is 0.789. The van der Waals surface area contributed by atoms with Gasteiger partial charge in [0.15, 0.2) is 0 Å². The van der Waals surface area contributed by atoms with Crippen LogP contribution in [-0.2, 0) is 5.92 Å². The number of benzene rings is 2. The van der Waals surface area contributed by atoms with Crippen LogP contribution in [0.3, 0.4) is 0 Å². The molecule has 0 fully saturated rings. The molecule has 0 spiro atoms. The minimum absolute atomic E-state index is 0.197. The third-order valence-corrected chi connectivity index (χ3v) is 2.82. The zero-order valence-corrected chi connectivity index (χ0v) is 9.85. The molecule has 0 aromatic heterocycles. The maximum Gasteiger partial charge on any atom is 0.298 e. The molecule has 2 aromatic carbocycles. The highest BCUT2D eigenvalue weighted by atomic mass is 19.3. The van der Waals surface area contributed by atoms with E-state index >= 15 is 0 Å². The first-order valence-electron chi connectivity index (χ1n) is 5.57. The molecule has 4 heteroatoms. The molecular weight excluding hydrogens is 250 g/mol. The molecule has 0 aliphatic carbocycles. The summed E-state index contributed by atoms with van der Waals surface area (Å²) in [6.45, 7) is 0. The van der Waals surface area contributed by atoms with Gasteiger partial charge in [-0.05, 0) is 0 Å². The molecular formula is C15H10F2O2. The van der Waals surface area contributed by atoms with Crippen LogP contribution in [-0.4, -0.2) is 12.6 Å². The molecule has 0 amide bonds. The summed E-state index contributed by atoms with van der Waals surface area (Å²) in [6.07, 6.45) is 1.20. The minimum atomic E-state index is -3.16. The lowest BCUT2D eigenvalue weighted by Crippen LogP contribution is -2.15. The van der Waals surface area contributed by atoms with Crippen LogP contribution in [0.5, 0.6) is 0 Å². The highest BCUT2D eigenvalue weighted by Crippen LogP contribution is 2.35. The second kappa shape index (κ2) is 5.10. The number of rotatable bonds is 4. The third-order valence-electron chi connectivity index (χ3n) is 2.82. The first-order valence-corrected chi connectivity index (χ1v) is 5.57. The van der Waals surface area contributed by atoms with Crippen molar-refractivity contribution in [3.8, 4) is 0 Å². The van der Waals surface area contributed by atoms with E-state index in [2.05, 4.69) is 0 Å². The summed E-state index contributed by atoms with van der Waals surface area (Å²) in [6, 6.07) is 10.3. The standard InChI is InChI=1S/C15H10F2O2/c16-15(17,13-5-1-11(9-18)2-6-13)14-7-3-12(10-19)4-8-14/h1-10H. The van der Waals surface area contributed by atoms with E-state index in [4.69, 9.17) is 0 Å². The number of hydrogen-bond donors (Lipinski definition) is 0. The van der Waals surface area contributed by atoms with Crippen LogP contribution < -0.4 is 0 Å². The molecule has 0 aliphatic heterocycles. The summed E-state index contributed by atoms with van der Waals surface area (Å²) in [5.74, 6) is -3.16. The van der Waals surface area contributed by atoms with Crippen LogP contribution in [0, 0.1) is 0 Å². The van der Waals surface area contributed by atoms with Gasteiger partial charge in [0.25, 0.3) is 5.92 Å². The molecule has 96 valence electrons. The van der Waals surface area contributed by atoms with Crippen molar-refractivity contribution >= 4 is 12.6 Å². The maximum atomic E-state index is 14.2. The van der Waals surface area contributed by atoms with E-state index in [9.17, 15) is 18.4 Å². The van der Waals surface area contributed by atoms with Crippen LogP contribution in [0.2, 0.25) is 0 Å². The zero-order chi connectivity index (χ0) is 13.9. The summed E-state index contributed by atoms with van der Waals surface area (Å²) < 4.78 is 28.4. The van der Waals surface area contributed by atoms with Crippen molar-refractivity contribution in [1.29, 1.82) is 0 Å². The smallest absolute Gasteiger partial charge is 0.298 e. The van der Waals surface area contributed by atoms with Crippen LogP contribution >= 0.6 is 0 Å². The lowest BCUT2D eigenvalue weighted by Gasteiger charge is -2.17. The van der Waals surface area contributed by atoms with E-state index in [1.54, 1.807) is 0 Å². The Labute approximate surface area is 108 Å². The molecule has 0 unspecified atom stereocenters. The minimum Gasteiger partial charge on any atom is -0.298 e. The fourth-order valence-electron chi connectivity index (χ4n) is 1.71. The van der Waals surface area contributed by atoms with E-state index in [-0.39, 0.29) is 11.1 Å². The lowest BCUT2D eigenvalue weighted by atomic mass is 9.98. The molecule has 2 aromatic rings. The van der Waals surface area contributed by atoms with Gasteiger partial charge in [-0.2, -0.15) is 8.78 Å². The molecule has 2 rings (SSSR count). The number of carbonyl (C=O) groups is 2. The largest absolute Gasteiger partial charge is 0.298 e. The van der Waals surface area contributed by atoms with Crippen LogP contribution in [0.1, 0.15) is 31.8 Å². The fourth-order valence-corrected chi connectivity index (χ4v) is 1.71. The summed E-state index contributed by atoms with van der Waals surface area (Å²) in [7, 11) is 0. The van der Waals surface area contributed by atoms with Crippen LogP contribution in [0.25, 0.3) is 0 Å². The summed E-state index contributed by atoms with van der Waals surface area (Å²) in [5.41, 5.74) is 0.292. The van der Waals surface area contributed by atoms with Crippen molar-refractivity contribution in [3.05, 3.63) is 70.8 Å². The van der Waals surface area contributed by atoms with Crippen LogP contribution in [0.15, 0.2) is 48.5 Å². The van der Waals surface area contributed by atoms with Crippen molar-refractivity contribution in [3.63, 3.8) is 0 Å². The molecule has 0 saturated carbocycles. The normalized spacial score (nSPS) is 11.1. The molecule has 0 heterocycles. The van der Waals surface area contributed by atoms with Crippen LogP contribution in [0.4, 0.5) is 8.78 Å². The van der Waals surface area contributed by atoms with Gasteiger partial charge in [-0.1, -0.05) is 48.5 Å². The molecule has 2 nitrogen and oxygen atoms in total. The van der Waals surface area contributed by atoms with Gasteiger partial charge in [0.05, 0.1) is 0 Å². The molecule has 0 saturated heterocycles. The van der Waals surface area contributed by atoms with Crippen molar-refractivity contribution in [2.45, 2.75) is 5.92 Å². The molecule has 19 heavy (non-hydrogen) atoms. The van der Waals surface area contributed by atoms with Crippen molar-refractivity contribution in [1.82, 2.24) is 0 Å². The van der Waals surface area contributed by atoms with Crippen molar-refractivity contribution < 1.29 is 18.4 Å². The highest BCUT2D eigenvalue weighted by molar-refractivity contribution is 5.75. The molecule has 0 atom stereocenters. The SMILES string of the molecule is O=Cc1ccc(C(F)(F)c2ccc(C=O)cc2)cc1. The molecule has 0 radical (unpaired) electrons. The van der Waals surface area contributed by atoms with Gasteiger partial charge in [0, 0.05) is 22.3 Å². The Bertz CT molecular complexity index is 533. The van der Waals surface area contributed by atoms with E-state index in [0.717, 1.165) is 0 Å². The average Bonchev–Trinajstić information content (AvgIpc) is 2.47. The third kappa shape index (κ3) is 2.57. The number of carbonyl (C=O) groups excluding carboxylic acids is 2. The van der Waals surface area contributed by atoms with E-state index in [1.807, 2.05) is 0 Å². The van der Waals surface area contributed by atoms with Gasteiger partial charge >= 0.3 is 0 Å². The summed E-state index contributed by atoms with van der Waals surface area (Å²) in [5, 5.41) is 0. The summed E-state index contributed by atoms with van der Waals surface area (Å²) >= 11 is 0. The average molecular weight is 260 g/mol. The topological polar surface area (TPSA) is 34.1 Å². The van der Waals surface area contributed by atoms with E-state index in [0.29, 0.717) is 23.7 Å². The molecule has 0 bridgehead atoms. The van der Waals surface area contributed by atoms with Gasteiger partial charge in [-0.3, -0.25) is 9.59 Å². The monoisotopic (exact) mass is 260 g/mol. The second-order valence-corrected chi connectivity index (χ2v) is 4.05. The Hall–Kier alpha value is -2.36. The van der Waals surface area contributed by atoms with E-state index in [1.165, 1.54) is 48.5 Å². The van der Waals surface area contributed by atoms with Gasteiger partial charge in [0.1, 0.15) is 12.6 Å². The molecule has 0 N–H and O–H groups in total. The first kappa shape index (κ1) is 13.1. The van der Waals surface area contributed by atoms with Gasteiger partial charge in [-0.25, -0.2) is 0 Å². The lowest BCUT2D eigenvalue weighted by molar-refractivity contribution is 0.0428. The Balaban J connectivity index is 2.38. The predicted octanol–water partition coefficient (Wildman–Crippen LogP) is 3.45. The number of aldehydes is 2. The Morgan fingerprint density at radius 1 is 0.684 bits per heavy atom. The zero-order valence-electron chi connectivity index (χ0n) is 9.85. The van der Waals surface area contributed by atoms with E-state index < -0.39 is 5.92 Å². The first-order chi connectivity index (χ1) is 9.07. The Morgan fingerprint density at radius 3 is 1.26 bits per heavy atom. The fraction of sp³-hybridized carbons (Fsp3) is 0.0667.